The van der Waals surface area contributed by atoms with Gasteiger partial charge in [0, 0.05) is 22.6 Å². The minimum Gasteiger partial charge on any atom is -0.444 e. The van der Waals surface area contributed by atoms with Gasteiger partial charge in [0.05, 0.1) is 17.4 Å². The van der Waals surface area contributed by atoms with E-state index in [4.69, 9.17) is 4.74 Å². The second-order valence-electron chi connectivity index (χ2n) is 10.0. The number of aromatic nitrogens is 1. The van der Waals surface area contributed by atoms with Crippen LogP contribution in [0, 0.1) is 5.82 Å². The molecule has 2 heterocycles. The summed E-state index contributed by atoms with van der Waals surface area (Å²) in [6, 6.07) is 8.00. The van der Waals surface area contributed by atoms with Crippen molar-refractivity contribution in [3.8, 4) is 0 Å². The number of benzene rings is 1. The molecule has 4 N–H and O–H groups in total. The molecular weight excluding hydrogens is 523 g/mol. The van der Waals surface area contributed by atoms with Crippen LogP contribution in [0.25, 0.3) is 0 Å². The topological polar surface area (TPSA) is 125 Å². The van der Waals surface area contributed by atoms with Crippen molar-refractivity contribution in [1.29, 1.82) is 0 Å². The molecule has 208 valence electrons. The van der Waals surface area contributed by atoms with Gasteiger partial charge >= 0.3 is 12.1 Å². The molecule has 0 fully saturated rings. The largest absolute Gasteiger partial charge is 0.444 e. The fourth-order valence-electron chi connectivity index (χ4n) is 3.44. The number of carbonyl (C=O) groups is 3. The molecule has 0 saturated carbocycles. The van der Waals surface area contributed by atoms with Crippen molar-refractivity contribution in [3.05, 3.63) is 70.4 Å². The SMILES string of the molecule is CN(C)CCC(NC(=O)Nc1cccc(F)c1)c1ccc(C(=O)Nc2cscc2NC(=O)OC(C)(C)C)nc1. The average molecular weight is 557 g/mol. The van der Waals surface area contributed by atoms with Crippen molar-refractivity contribution >= 4 is 46.4 Å². The number of ether oxygens (including phenoxy) is 1. The molecule has 0 aliphatic heterocycles. The Morgan fingerprint density at radius 3 is 2.38 bits per heavy atom. The van der Waals surface area contributed by atoms with Gasteiger partial charge < -0.3 is 25.6 Å². The predicted molar refractivity (Wildman–Crippen MR) is 151 cm³/mol. The fraction of sp³-hybridized carbons (Fsp3) is 0.333. The lowest BCUT2D eigenvalue weighted by molar-refractivity contribution is 0.0635. The van der Waals surface area contributed by atoms with Gasteiger partial charge in [-0.25, -0.2) is 14.0 Å². The highest BCUT2D eigenvalue weighted by Crippen LogP contribution is 2.28. The zero-order chi connectivity index (χ0) is 28.6. The molecule has 0 spiro atoms. The number of nitrogens with zero attached hydrogens (tertiary/aromatic N) is 2. The molecule has 1 unspecified atom stereocenters. The molecule has 3 aromatic rings. The standard InChI is InChI=1S/C27H33FN6O4S/c1-27(2,3)38-26(37)33-23-16-39-15-22(23)31-24(35)21-10-9-17(14-29-21)20(11-12-34(4)5)32-25(36)30-19-8-6-7-18(28)13-19/h6-10,13-16,20H,11-12H2,1-5H3,(H,31,35)(H,33,37)(H2,30,32,36). The van der Waals surface area contributed by atoms with E-state index in [1.807, 2.05) is 19.0 Å². The summed E-state index contributed by atoms with van der Waals surface area (Å²) in [5, 5.41) is 14.3. The lowest BCUT2D eigenvalue weighted by Crippen LogP contribution is -2.34. The van der Waals surface area contributed by atoms with E-state index in [1.54, 1.807) is 49.7 Å². The first kappa shape index (κ1) is 29.5. The van der Waals surface area contributed by atoms with Crippen LogP contribution < -0.4 is 21.3 Å². The number of anilines is 3. The Bertz CT molecular complexity index is 1290. The van der Waals surface area contributed by atoms with Gasteiger partial charge in [-0.1, -0.05) is 12.1 Å². The van der Waals surface area contributed by atoms with Crippen molar-refractivity contribution in [1.82, 2.24) is 15.2 Å². The van der Waals surface area contributed by atoms with E-state index in [9.17, 15) is 18.8 Å². The third-order valence-electron chi connectivity index (χ3n) is 5.22. The number of rotatable bonds is 9. The third-order valence-corrected chi connectivity index (χ3v) is 5.96. The van der Waals surface area contributed by atoms with Crippen LogP contribution in [-0.4, -0.2) is 54.2 Å². The average Bonchev–Trinajstić information content (AvgIpc) is 3.26. The first-order chi connectivity index (χ1) is 18.4. The van der Waals surface area contributed by atoms with Crippen LogP contribution in [0.15, 0.2) is 53.4 Å². The molecule has 10 nitrogen and oxygen atoms in total. The van der Waals surface area contributed by atoms with Crippen LogP contribution in [-0.2, 0) is 4.74 Å². The van der Waals surface area contributed by atoms with Gasteiger partial charge in [0.15, 0.2) is 0 Å². The Morgan fingerprint density at radius 2 is 1.77 bits per heavy atom. The van der Waals surface area contributed by atoms with E-state index in [1.165, 1.54) is 35.7 Å². The van der Waals surface area contributed by atoms with E-state index in [0.717, 1.165) is 0 Å². The molecule has 2 aromatic heterocycles. The van der Waals surface area contributed by atoms with E-state index < -0.39 is 35.5 Å². The zero-order valence-electron chi connectivity index (χ0n) is 22.5. The van der Waals surface area contributed by atoms with Crippen LogP contribution in [0.2, 0.25) is 0 Å². The number of thiophene rings is 1. The summed E-state index contributed by atoms with van der Waals surface area (Å²) in [5.41, 5.74) is 1.36. The molecule has 12 heteroatoms. The number of hydrogen-bond donors (Lipinski definition) is 4. The van der Waals surface area contributed by atoms with Crippen molar-refractivity contribution < 1.29 is 23.5 Å². The third kappa shape index (κ3) is 9.65. The number of amides is 4. The normalized spacial score (nSPS) is 12.0. The summed E-state index contributed by atoms with van der Waals surface area (Å²) in [6.07, 6.45) is 1.48. The highest BCUT2D eigenvalue weighted by atomic mass is 32.1. The Labute approximate surface area is 231 Å². The maximum atomic E-state index is 13.5. The summed E-state index contributed by atoms with van der Waals surface area (Å²) < 4.78 is 18.7. The predicted octanol–water partition coefficient (Wildman–Crippen LogP) is 5.70. The van der Waals surface area contributed by atoms with Crippen LogP contribution in [0.5, 0.6) is 0 Å². The summed E-state index contributed by atoms with van der Waals surface area (Å²) in [4.78, 5) is 43.9. The number of halogens is 1. The maximum Gasteiger partial charge on any atom is 0.412 e. The lowest BCUT2D eigenvalue weighted by atomic mass is 10.1. The van der Waals surface area contributed by atoms with Crippen molar-refractivity contribution in [2.24, 2.45) is 0 Å². The lowest BCUT2D eigenvalue weighted by Gasteiger charge is -2.21. The van der Waals surface area contributed by atoms with E-state index in [2.05, 4.69) is 26.3 Å². The molecule has 1 aromatic carbocycles. The van der Waals surface area contributed by atoms with Gasteiger partial charge in [0.1, 0.15) is 17.1 Å². The first-order valence-electron chi connectivity index (χ1n) is 12.2. The zero-order valence-corrected chi connectivity index (χ0v) is 23.3. The second-order valence-corrected chi connectivity index (χ2v) is 10.8. The van der Waals surface area contributed by atoms with Crippen LogP contribution in [0.1, 0.15) is 49.3 Å². The number of carbonyl (C=O) groups excluding carboxylic acids is 3. The van der Waals surface area contributed by atoms with Crippen molar-refractivity contribution in [2.45, 2.75) is 38.8 Å². The molecule has 0 radical (unpaired) electrons. The molecule has 4 amide bonds. The molecular formula is C27H33FN6O4S. The van der Waals surface area contributed by atoms with Crippen molar-refractivity contribution in [2.75, 3.05) is 36.6 Å². The van der Waals surface area contributed by atoms with E-state index >= 15 is 0 Å². The highest BCUT2D eigenvalue weighted by Gasteiger charge is 2.20. The quantitative estimate of drug-likeness (QED) is 0.268. The number of pyridine rings is 1. The smallest absolute Gasteiger partial charge is 0.412 e. The number of nitrogens with one attached hydrogen (secondary N) is 4. The summed E-state index contributed by atoms with van der Waals surface area (Å²) >= 11 is 1.31. The van der Waals surface area contributed by atoms with E-state index in [-0.39, 0.29) is 5.69 Å². The molecule has 0 aliphatic rings. The van der Waals surface area contributed by atoms with Gasteiger partial charge in [0.25, 0.3) is 5.91 Å². The van der Waals surface area contributed by atoms with Gasteiger partial charge in [-0.05, 0) is 77.7 Å². The first-order valence-corrected chi connectivity index (χ1v) is 13.1. The molecule has 0 saturated heterocycles. The number of hydrogen-bond acceptors (Lipinski definition) is 7. The molecule has 0 bridgehead atoms. The maximum absolute atomic E-state index is 13.5. The Kier molecular flexibility index (Phi) is 9.96. The monoisotopic (exact) mass is 556 g/mol. The van der Waals surface area contributed by atoms with Gasteiger partial charge in [-0.3, -0.25) is 15.1 Å². The minimum atomic E-state index is -0.658. The highest BCUT2D eigenvalue weighted by molar-refractivity contribution is 7.09. The second kappa shape index (κ2) is 13.2. The Balaban J connectivity index is 1.67. The summed E-state index contributed by atoms with van der Waals surface area (Å²) in [5.74, 6) is -0.918. The molecule has 39 heavy (non-hydrogen) atoms. The fourth-order valence-corrected chi connectivity index (χ4v) is 4.15. The Morgan fingerprint density at radius 1 is 1.05 bits per heavy atom. The van der Waals surface area contributed by atoms with Crippen molar-refractivity contribution in [3.63, 3.8) is 0 Å². The van der Waals surface area contributed by atoms with Crippen LogP contribution in [0.4, 0.5) is 31.0 Å². The van der Waals surface area contributed by atoms with E-state index in [0.29, 0.717) is 35.6 Å². The minimum absolute atomic E-state index is 0.156. The molecule has 0 aliphatic carbocycles. The molecule has 3 rings (SSSR count). The number of urea groups is 1. The van der Waals surface area contributed by atoms with Gasteiger partial charge in [-0.2, -0.15) is 0 Å². The summed E-state index contributed by atoms with van der Waals surface area (Å²) in [7, 11) is 3.85. The van der Waals surface area contributed by atoms with Crippen LogP contribution in [0.3, 0.4) is 0 Å². The van der Waals surface area contributed by atoms with Gasteiger partial charge in [-0.15, -0.1) is 11.3 Å². The Hall–Kier alpha value is -4.03. The van der Waals surface area contributed by atoms with Crippen LogP contribution >= 0.6 is 11.3 Å². The summed E-state index contributed by atoms with van der Waals surface area (Å²) in [6.45, 7) is 5.96. The molecule has 1 atom stereocenters. The van der Waals surface area contributed by atoms with Gasteiger partial charge in [0.2, 0.25) is 0 Å².